The number of hydrogen-bond acceptors (Lipinski definition) is 6. The molecule has 1 atom stereocenters. The summed E-state index contributed by atoms with van der Waals surface area (Å²) in [6.07, 6.45) is 92.0. The molecule has 0 saturated carbocycles. The van der Waals surface area contributed by atoms with Crippen molar-refractivity contribution in [3.63, 3.8) is 0 Å². The molecule has 0 rings (SSSR count). The van der Waals surface area contributed by atoms with Crippen molar-refractivity contribution in [2.45, 2.75) is 309 Å². The molecular formula is C73H122O6. The lowest BCUT2D eigenvalue weighted by molar-refractivity contribution is -0.167. The number of carbonyl (C=O) groups is 3. The zero-order chi connectivity index (χ0) is 57.1. The van der Waals surface area contributed by atoms with Gasteiger partial charge in [0.1, 0.15) is 13.2 Å². The summed E-state index contributed by atoms with van der Waals surface area (Å²) in [5, 5.41) is 0. The average Bonchev–Trinajstić information content (AvgIpc) is 3.45. The number of allylic oxidation sites excluding steroid dienone is 20. The Morgan fingerprint density at radius 3 is 0.810 bits per heavy atom. The van der Waals surface area contributed by atoms with Crippen LogP contribution in [0, 0.1) is 0 Å². The molecular weight excluding hydrogens is 973 g/mol. The van der Waals surface area contributed by atoms with Gasteiger partial charge in [-0.25, -0.2) is 0 Å². The zero-order valence-corrected chi connectivity index (χ0v) is 51.6. The van der Waals surface area contributed by atoms with E-state index in [0.717, 1.165) is 148 Å². The minimum Gasteiger partial charge on any atom is -0.462 e. The van der Waals surface area contributed by atoms with Crippen LogP contribution < -0.4 is 0 Å². The van der Waals surface area contributed by atoms with Gasteiger partial charge in [-0.2, -0.15) is 0 Å². The lowest BCUT2D eigenvalue weighted by atomic mass is 10.1. The molecule has 6 nitrogen and oxygen atoms in total. The van der Waals surface area contributed by atoms with Gasteiger partial charge in [0.05, 0.1) is 0 Å². The summed E-state index contributed by atoms with van der Waals surface area (Å²) in [7, 11) is 0. The first kappa shape index (κ1) is 74.8. The molecule has 0 aromatic carbocycles. The molecule has 450 valence electrons. The smallest absolute Gasteiger partial charge is 0.306 e. The maximum absolute atomic E-state index is 12.9. The van der Waals surface area contributed by atoms with Crippen molar-refractivity contribution in [2.24, 2.45) is 0 Å². The van der Waals surface area contributed by atoms with Gasteiger partial charge in [-0.15, -0.1) is 0 Å². The highest BCUT2D eigenvalue weighted by Gasteiger charge is 2.19. The number of ether oxygens (including phenoxy) is 3. The van der Waals surface area contributed by atoms with Gasteiger partial charge >= 0.3 is 17.9 Å². The van der Waals surface area contributed by atoms with Crippen LogP contribution in [0.3, 0.4) is 0 Å². The van der Waals surface area contributed by atoms with E-state index in [-0.39, 0.29) is 31.1 Å². The van der Waals surface area contributed by atoms with Crippen LogP contribution in [0.4, 0.5) is 0 Å². The van der Waals surface area contributed by atoms with Crippen molar-refractivity contribution in [1.29, 1.82) is 0 Å². The summed E-state index contributed by atoms with van der Waals surface area (Å²) in [5.74, 6) is -0.921. The maximum Gasteiger partial charge on any atom is 0.306 e. The molecule has 0 aliphatic rings. The first-order chi connectivity index (χ1) is 39.0. The van der Waals surface area contributed by atoms with Gasteiger partial charge in [-0.3, -0.25) is 14.4 Å². The molecule has 79 heavy (non-hydrogen) atoms. The lowest BCUT2D eigenvalue weighted by Gasteiger charge is -2.18. The van der Waals surface area contributed by atoms with Gasteiger partial charge in [-0.05, 0) is 135 Å². The van der Waals surface area contributed by atoms with E-state index in [1.54, 1.807) is 0 Å². The van der Waals surface area contributed by atoms with Crippen molar-refractivity contribution >= 4 is 17.9 Å². The van der Waals surface area contributed by atoms with Crippen LogP contribution in [0.1, 0.15) is 303 Å². The summed E-state index contributed by atoms with van der Waals surface area (Å²) in [4.78, 5) is 38.4. The van der Waals surface area contributed by atoms with Crippen LogP contribution in [-0.2, 0) is 28.6 Å². The van der Waals surface area contributed by atoms with Crippen LogP contribution in [0.5, 0.6) is 0 Å². The first-order valence-electron chi connectivity index (χ1n) is 33.0. The van der Waals surface area contributed by atoms with Crippen molar-refractivity contribution in [1.82, 2.24) is 0 Å². The second kappa shape index (κ2) is 66.3. The Morgan fingerprint density at radius 2 is 0.494 bits per heavy atom. The lowest BCUT2D eigenvalue weighted by Crippen LogP contribution is -2.30. The Balaban J connectivity index is 4.42. The number of carbonyl (C=O) groups excluding carboxylic acids is 3. The van der Waals surface area contributed by atoms with Crippen LogP contribution in [0.15, 0.2) is 122 Å². The normalized spacial score (nSPS) is 12.9. The third-order valence-corrected chi connectivity index (χ3v) is 13.9. The number of unbranched alkanes of at least 4 members (excludes halogenated alkanes) is 28. The van der Waals surface area contributed by atoms with Gasteiger partial charge in [0.25, 0.3) is 0 Å². The van der Waals surface area contributed by atoms with Crippen molar-refractivity contribution in [3.05, 3.63) is 122 Å². The summed E-state index contributed by atoms with van der Waals surface area (Å²) in [6, 6.07) is 0. The highest BCUT2D eigenvalue weighted by molar-refractivity contribution is 5.71. The Labute approximate surface area is 488 Å². The fourth-order valence-corrected chi connectivity index (χ4v) is 8.98. The van der Waals surface area contributed by atoms with E-state index in [2.05, 4.69) is 142 Å². The second-order valence-electron chi connectivity index (χ2n) is 21.6. The monoisotopic (exact) mass is 1090 g/mol. The van der Waals surface area contributed by atoms with Gasteiger partial charge in [-0.1, -0.05) is 271 Å². The molecule has 0 spiro atoms. The van der Waals surface area contributed by atoms with E-state index in [0.29, 0.717) is 19.3 Å². The minimum absolute atomic E-state index is 0.0938. The predicted octanol–water partition coefficient (Wildman–Crippen LogP) is 22.8. The molecule has 0 amide bonds. The number of hydrogen-bond donors (Lipinski definition) is 0. The average molecular weight is 1100 g/mol. The highest BCUT2D eigenvalue weighted by atomic mass is 16.6. The zero-order valence-electron chi connectivity index (χ0n) is 51.6. The fraction of sp³-hybridized carbons (Fsp3) is 0.685. The molecule has 1 unspecified atom stereocenters. The van der Waals surface area contributed by atoms with Crippen LogP contribution in [-0.4, -0.2) is 37.2 Å². The Kier molecular flexibility index (Phi) is 62.8. The standard InChI is InChI=1S/C73H122O6/c1-4-7-10-13-16-19-22-25-28-30-32-33-34-35-36-37-38-39-41-42-45-48-51-54-57-60-63-66-72(75)78-69-70(68-77-71(74)65-62-59-56-53-50-47-44-27-24-21-18-15-12-9-6-3)79-73(76)67-64-61-58-55-52-49-46-43-40-31-29-26-23-20-17-14-11-8-5-2/h7,10,16,18-19,21,25-29,32-33,35-36,38-39,42,44-45,70H,4-6,8-9,11-15,17,20,22-24,30-31,34,37,40-41,43,46-69H2,1-3H3/b10-7-,19-16-,21-18-,28-25-,29-26-,33-32-,36-35-,39-38-,44-27-,45-42-. The number of rotatable bonds is 59. The molecule has 0 aromatic rings. The molecule has 0 aliphatic heterocycles. The molecule has 0 fully saturated rings. The van der Waals surface area contributed by atoms with Gasteiger partial charge < -0.3 is 14.2 Å². The summed E-state index contributed by atoms with van der Waals surface area (Å²) in [5.41, 5.74) is 0. The highest BCUT2D eigenvalue weighted by Crippen LogP contribution is 2.15. The van der Waals surface area contributed by atoms with E-state index >= 15 is 0 Å². The molecule has 0 aromatic heterocycles. The molecule has 0 radical (unpaired) electrons. The number of esters is 3. The molecule has 6 heteroatoms. The van der Waals surface area contributed by atoms with E-state index in [1.165, 1.54) is 116 Å². The molecule has 0 saturated heterocycles. The predicted molar refractivity (Wildman–Crippen MR) is 343 cm³/mol. The van der Waals surface area contributed by atoms with Gasteiger partial charge in [0, 0.05) is 19.3 Å². The van der Waals surface area contributed by atoms with Crippen molar-refractivity contribution in [3.8, 4) is 0 Å². The summed E-state index contributed by atoms with van der Waals surface area (Å²) >= 11 is 0. The summed E-state index contributed by atoms with van der Waals surface area (Å²) in [6.45, 7) is 6.49. The molecule has 0 N–H and O–H groups in total. The van der Waals surface area contributed by atoms with Gasteiger partial charge in [0.2, 0.25) is 0 Å². The fourth-order valence-electron chi connectivity index (χ4n) is 8.98. The van der Waals surface area contributed by atoms with E-state index in [1.807, 2.05) is 0 Å². The first-order valence-corrected chi connectivity index (χ1v) is 33.0. The van der Waals surface area contributed by atoms with Gasteiger partial charge in [0.15, 0.2) is 6.10 Å². The SMILES string of the molecule is CC/C=C\C/C=C\C/C=C\C/C=C\C/C=C\C/C=C\C/C=C\CCCCCCCC(=O)OCC(COC(=O)CCCCCCC/C=C\C/C=C\CCCCC)OC(=O)CCCCCCCCCCC/C=C\CCCCCCCC. The molecule has 0 heterocycles. The van der Waals surface area contributed by atoms with Crippen molar-refractivity contribution < 1.29 is 28.6 Å². The largest absolute Gasteiger partial charge is 0.462 e. The Bertz CT molecular complexity index is 1640. The van der Waals surface area contributed by atoms with E-state index < -0.39 is 6.10 Å². The Morgan fingerprint density at radius 1 is 0.266 bits per heavy atom. The van der Waals surface area contributed by atoms with Crippen LogP contribution in [0.25, 0.3) is 0 Å². The third kappa shape index (κ3) is 64.5. The summed E-state index contributed by atoms with van der Waals surface area (Å²) < 4.78 is 16.9. The third-order valence-electron chi connectivity index (χ3n) is 13.9. The minimum atomic E-state index is -0.798. The van der Waals surface area contributed by atoms with Crippen LogP contribution in [0.2, 0.25) is 0 Å². The van der Waals surface area contributed by atoms with Crippen molar-refractivity contribution in [2.75, 3.05) is 13.2 Å². The quantitative estimate of drug-likeness (QED) is 0.0261. The Hall–Kier alpha value is -4.19. The van der Waals surface area contributed by atoms with Crippen LogP contribution >= 0.6 is 0 Å². The maximum atomic E-state index is 12.9. The molecule has 0 bridgehead atoms. The second-order valence-corrected chi connectivity index (χ2v) is 21.6. The van der Waals surface area contributed by atoms with E-state index in [9.17, 15) is 14.4 Å². The van der Waals surface area contributed by atoms with E-state index in [4.69, 9.17) is 14.2 Å². The molecule has 0 aliphatic carbocycles. The topological polar surface area (TPSA) is 78.9 Å².